The van der Waals surface area contributed by atoms with Gasteiger partial charge in [-0.1, -0.05) is 12.1 Å². The van der Waals surface area contributed by atoms with Gasteiger partial charge in [-0.25, -0.2) is 0 Å². The first-order valence-corrected chi connectivity index (χ1v) is 10.1. The lowest BCUT2D eigenvalue weighted by Crippen LogP contribution is -3.11. The van der Waals surface area contributed by atoms with Crippen molar-refractivity contribution in [2.45, 2.75) is 18.9 Å². The van der Waals surface area contributed by atoms with Crippen LogP contribution < -0.4 is 24.6 Å². The third-order valence-electron chi connectivity index (χ3n) is 5.63. The fourth-order valence-electron chi connectivity index (χ4n) is 3.92. The first-order chi connectivity index (χ1) is 14.0. The van der Waals surface area contributed by atoms with Crippen LogP contribution >= 0.6 is 0 Å². The van der Waals surface area contributed by atoms with Crippen molar-refractivity contribution in [3.05, 3.63) is 53.6 Å². The maximum Gasteiger partial charge on any atom is 0.251 e. The van der Waals surface area contributed by atoms with Crippen molar-refractivity contribution in [3.63, 3.8) is 0 Å². The highest BCUT2D eigenvalue weighted by atomic mass is 16.5. The summed E-state index contributed by atoms with van der Waals surface area (Å²) in [6.45, 7) is 2.88. The molecule has 0 spiro atoms. The first kappa shape index (κ1) is 21.0. The number of nitrogens with one attached hydrogen (secondary N) is 2. The van der Waals surface area contributed by atoms with Gasteiger partial charge < -0.3 is 24.6 Å². The van der Waals surface area contributed by atoms with Crippen LogP contribution in [0.5, 0.6) is 11.5 Å². The Morgan fingerprint density at radius 1 is 1.03 bits per heavy atom. The molecule has 1 atom stereocenters. The summed E-state index contributed by atoms with van der Waals surface area (Å²) in [5.41, 5.74) is 2.98. The van der Waals surface area contributed by atoms with Gasteiger partial charge in [-0.15, -0.1) is 0 Å². The third-order valence-corrected chi connectivity index (χ3v) is 5.63. The van der Waals surface area contributed by atoms with Gasteiger partial charge in [0.25, 0.3) is 5.91 Å². The highest BCUT2D eigenvalue weighted by molar-refractivity contribution is 5.95. The summed E-state index contributed by atoms with van der Waals surface area (Å²) in [7, 11) is 7.25. The van der Waals surface area contributed by atoms with Gasteiger partial charge in [-0.05, 0) is 24.3 Å². The van der Waals surface area contributed by atoms with Crippen LogP contribution in [0.4, 0.5) is 5.69 Å². The molecular formula is C23H32N3O3+. The zero-order valence-corrected chi connectivity index (χ0v) is 17.8. The molecule has 29 heavy (non-hydrogen) atoms. The summed E-state index contributed by atoms with van der Waals surface area (Å²) in [5.74, 6) is 1.10. The van der Waals surface area contributed by atoms with E-state index in [1.165, 1.54) is 29.0 Å². The molecule has 0 aromatic heterocycles. The number of methoxy groups -OCH3 is 2. The normalized spacial score (nSPS) is 15.0. The van der Waals surface area contributed by atoms with Gasteiger partial charge in [-0.2, -0.15) is 0 Å². The van der Waals surface area contributed by atoms with Crippen molar-refractivity contribution >= 4 is 11.6 Å². The molecule has 2 aromatic carbocycles. The monoisotopic (exact) mass is 398 g/mol. The number of nitrogens with zero attached hydrogens (tertiary/aromatic N) is 1. The van der Waals surface area contributed by atoms with Gasteiger partial charge in [0.15, 0.2) is 0 Å². The minimum atomic E-state index is -0.115. The number of hydrogen-bond donors (Lipinski definition) is 2. The average molecular weight is 399 g/mol. The van der Waals surface area contributed by atoms with Crippen molar-refractivity contribution < 1.29 is 19.2 Å². The van der Waals surface area contributed by atoms with Crippen LogP contribution in [-0.4, -0.2) is 53.9 Å². The summed E-state index contributed by atoms with van der Waals surface area (Å²) in [6, 6.07) is 14.1. The maximum absolute atomic E-state index is 12.8. The van der Waals surface area contributed by atoms with Crippen molar-refractivity contribution in [1.82, 2.24) is 5.32 Å². The zero-order valence-electron chi connectivity index (χ0n) is 17.8. The predicted molar refractivity (Wildman–Crippen MR) is 115 cm³/mol. The Bertz CT molecular complexity index is 792. The number of ether oxygens (including phenoxy) is 2. The van der Waals surface area contributed by atoms with Crippen LogP contribution in [0.1, 0.15) is 34.8 Å². The zero-order chi connectivity index (χ0) is 20.8. The van der Waals surface area contributed by atoms with E-state index < -0.39 is 0 Å². The molecule has 0 aliphatic carbocycles. The summed E-state index contributed by atoms with van der Waals surface area (Å²) in [4.78, 5) is 16.5. The SMILES string of the molecule is COc1cc(OC)cc(C(=O)NC[C@@H](c2ccc(N(C)C)cc2)[NH+]2CCCC2)c1. The van der Waals surface area contributed by atoms with Gasteiger partial charge in [0.1, 0.15) is 17.5 Å². The fourth-order valence-corrected chi connectivity index (χ4v) is 3.92. The van der Waals surface area contributed by atoms with Crippen LogP contribution in [0.25, 0.3) is 0 Å². The van der Waals surface area contributed by atoms with Crippen molar-refractivity contribution in [2.75, 3.05) is 52.8 Å². The number of quaternary nitrogens is 1. The molecule has 0 unspecified atom stereocenters. The smallest absolute Gasteiger partial charge is 0.251 e. The lowest BCUT2D eigenvalue weighted by molar-refractivity contribution is -0.918. The number of amides is 1. The van der Waals surface area contributed by atoms with Crippen LogP contribution in [-0.2, 0) is 0 Å². The minimum absolute atomic E-state index is 0.115. The quantitative estimate of drug-likeness (QED) is 0.713. The molecule has 0 saturated carbocycles. The average Bonchev–Trinajstić information content (AvgIpc) is 3.28. The number of likely N-dealkylation sites (tertiary alicyclic amines) is 1. The minimum Gasteiger partial charge on any atom is -0.497 e. The van der Waals surface area contributed by atoms with Gasteiger partial charge >= 0.3 is 0 Å². The molecule has 0 radical (unpaired) electrons. The molecule has 3 rings (SSSR count). The van der Waals surface area contributed by atoms with Crippen LogP contribution in [0, 0.1) is 0 Å². The molecule has 6 nitrogen and oxygen atoms in total. The Hall–Kier alpha value is -2.73. The fraction of sp³-hybridized carbons (Fsp3) is 0.435. The van der Waals surface area contributed by atoms with E-state index in [0.717, 1.165) is 13.1 Å². The number of benzene rings is 2. The van der Waals surface area contributed by atoms with Gasteiger partial charge in [-0.3, -0.25) is 4.79 Å². The molecule has 156 valence electrons. The molecule has 2 N–H and O–H groups in total. The summed E-state index contributed by atoms with van der Waals surface area (Å²) in [6.07, 6.45) is 2.48. The second-order valence-corrected chi connectivity index (χ2v) is 7.72. The van der Waals surface area contributed by atoms with Crippen LogP contribution in [0.15, 0.2) is 42.5 Å². The van der Waals surface area contributed by atoms with E-state index in [2.05, 4.69) is 34.5 Å². The van der Waals surface area contributed by atoms with Crippen molar-refractivity contribution in [1.29, 1.82) is 0 Å². The largest absolute Gasteiger partial charge is 0.497 e. The molecular weight excluding hydrogens is 366 g/mol. The number of hydrogen-bond acceptors (Lipinski definition) is 4. The number of anilines is 1. The Morgan fingerprint density at radius 2 is 1.62 bits per heavy atom. The molecule has 6 heteroatoms. The van der Waals surface area contributed by atoms with Crippen LogP contribution in [0.3, 0.4) is 0 Å². The van der Waals surface area contributed by atoms with Crippen molar-refractivity contribution in [2.24, 2.45) is 0 Å². The third kappa shape index (κ3) is 5.21. The Kier molecular flexibility index (Phi) is 6.99. The van der Waals surface area contributed by atoms with E-state index in [1.807, 2.05) is 14.1 Å². The summed E-state index contributed by atoms with van der Waals surface area (Å²) < 4.78 is 10.6. The van der Waals surface area contributed by atoms with E-state index in [-0.39, 0.29) is 11.9 Å². The van der Waals surface area contributed by atoms with E-state index in [0.29, 0.717) is 23.6 Å². The Morgan fingerprint density at radius 3 is 2.14 bits per heavy atom. The molecule has 1 amide bonds. The first-order valence-electron chi connectivity index (χ1n) is 10.1. The standard InChI is InChI=1S/C23H31N3O3/c1-25(2)19-9-7-17(8-10-19)22(26-11-5-6-12-26)16-24-23(27)18-13-20(28-3)15-21(14-18)29-4/h7-10,13-15,22H,5-6,11-12,16H2,1-4H3,(H,24,27)/p+1/t22-/m0/s1. The summed E-state index contributed by atoms with van der Waals surface area (Å²) in [5, 5.41) is 3.13. The molecule has 1 aliphatic rings. The lowest BCUT2D eigenvalue weighted by Gasteiger charge is -2.26. The van der Waals surface area contributed by atoms with Gasteiger partial charge in [0, 0.05) is 49.8 Å². The van der Waals surface area contributed by atoms with E-state index in [4.69, 9.17) is 9.47 Å². The molecule has 2 aromatic rings. The molecule has 1 heterocycles. The molecule has 1 aliphatic heterocycles. The second kappa shape index (κ2) is 9.65. The highest BCUT2D eigenvalue weighted by Crippen LogP contribution is 2.23. The number of rotatable bonds is 8. The second-order valence-electron chi connectivity index (χ2n) is 7.72. The number of carbonyl (C=O) groups is 1. The maximum atomic E-state index is 12.8. The van der Waals surface area contributed by atoms with E-state index in [9.17, 15) is 4.79 Å². The molecule has 1 fully saturated rings. The van der Waals surface area contributed by atoms with Gasteiger partial charge in [0.2, 0.25) is 0 Å². The van der Waals surface area contributed by atoms with E-state index in [1.54, 1.807) is 32.4 Å². The molecule has 0 bridgehead atoms. The highest BCUT2D eigenvalue weighted by Gasteiger charge is 2.28. The summed E-state index contributed by atoms with van der Waals surface area (Å²) >= 11 is 0. The topological polar surface area (TPSA) is 55.2 Å². The van der Waals surface area contributed by atoms with Gasteiger partial charge in [0.05, 0.1) is 33.9 Å². The van der Waals surface area contributed by atoms with Crippen LogP contribution in [0.2, 0.25) is 0 Å². The number of carbonyl (C=O) groups excluding carboxylic acids is 1. The predicted octanol–water partition coefficient (Wildman–Crippen LogP) is 1.92. The Balaban J connectivity index is 1.75. The van der Waals surface area contributed by atoms with E-state index >= 15 is 0 Å². The van der Waals surface area contributed by atoms with Crippen molar-refractivity contribution in [3.8, 4) is 11.5 Å². The molecule has 1 saturated heterocycles. The lowest BCUT2D eigenvalue weighted by atomic mass is 10.0. The Labute approximate surface area is 173 Å².